The van der Waals surface area contributed by atoms with E-state index in [0.717, 1.165) is 0 Å². The molecule has 0 aliphatic carbocycles. The fourth-order valence-electron chi connectivity index (χ4n) is 1.44. The molecule has 0 aliphatic heterocycles. The first kappa shape index (κ1) is 17.4. The first-order valence-electron chi connectivity index (χ1n) is 5.90. The maximum Gasteiger partial charge on any atom is 0.242 e. The highest BCUT2D eigenvalue weighted by Gasteiger charge is 2.18. The Morgan fingerprint density at radius 2 is 1.90 bits per heavy atom. The van der Waals surface area contributed by atoms with Crippen molar-refractivity contribution in [3.05, 3.63) is 28.8 Å². The molecule has 0 amide bonds. The van der Waals surface area contributed by atoms with Gasteiger partial charge in [0.05, 0.1) is 10.8 Å². The number of halogens is 1. The zero-order valence-corrected chi connectivity index (χ0v) is 13.4. The molecule has 0 fully saturated rings. The number of nitrogens with two attached hydrogens (primary N) is 1. The molecule has 0 aliphatic rings. The Kier molecular flexibility index (Phi) is 5.96. The van der Waals surface area contributed by atoms with Gasteiger partial charge in [-0.15, -0.1) is 0 Å². The predicted molar refractivity (Wildman–Crippen MR) is 78.9 cm³/mol. The third-order valence-corrected chi connectivity index (χ3v) is 6.32. The van der Waals surface area contributed by atoms with E-state index in [1.54, 1.807) is 6.07 Å². The molecular formula is C11H17ClN2O4S2. The number of sulfone groups is 1. The summed E-state index contributed by atoms with van der Waals surface area (Å²) in [5, 5.41) is 0.0544. The van der Waals surface area contributed by atoms with Crippen LogP contribution in [0.3, 0.4) is 0 Å². The molecule has 0 spiro atoms. The van der Waals surface area contributed by atoms with Crippen LogP contribution in [0.5, 0.6) is 0 Å². The molecule has 0 bridgehead atoms. The van der Waals surface area contributed by atoms with E-state index in [2.05, 4.69) is 4.72 Å². The Bertz CT molecular complexity index is 672. The molecule has 0 aromatic heterocycles. The monoisotopic (exact) mass is 340 g/mol. The normalized spacial score (nSPS) is 12.6. The van der Waals surface area contributed by atoms with Gasteiger partial charge in [-0.3, -0.25) is 0 Å². The summed E-state index contributed by atoms with van der Waals surface area (Å²) in [6.45, 7) is 1.57. The van der Waals surface area contributed by atoms with Crippen LogP contribution in [-0.2, 0) is 26.4 Å². The van der Waals surface area contributed by atoms with E-state index in [1.165, 1.54) is 19.1 Å². The average molecular weight is 341 g/mol. The van der Waals surface area contributed by atoms with Gasteiger partial charge in [0.2, 0.25) is 10.0 Å². The van der Waals surface area contributed by atoms with Gasteiger partial charge >= 0.3 is 0 Å². The second kappa shape index (κ2) is 6.86. The van der Waals surface area contributed by atoms with Crippen molar-refractivity contribution >= 4 is 31.5 Å². The molecule has 1 aromatic carbocycles. The molecule has 0 saturated carbocycles. The lowest BCUT2D eigenvalue weighted by atomic mass is 10.2. The zero-order valence-electron chi connectivity index (χ0n) is 11.0. The van der Waals surface area contributed by atoms with Crippen LogP contribution in [0.2, 0.25) is 5.02 Å². The Morgan fingerprint density at radius 1 is 1.25 bits per heavy atom. The van der Waals surface area contributed by atoms with Gasteiger partial charge in [-0.25, -0.2) is 21.6 Å². The number of nitrogens with one attached hydrogen (secondary N) is 1. The summed E-state index contributed by atoms with van der Waals surface area (Å²) in [6.07, 6.45) is 0. The molecule has 0 atom stereocenters. The molecule has 1 rings (SSSR count). The second-order valence-corrected chi connectivity index (χ2v) is 8.72. The molecule has 0 unspecified atom stereocenters. The molecule has 114 valence electrons. The van der Waals surface area contributed by atoms with Crippen LogP contribution in [0.1, 0.15) is 12.5 Å². The highest BCUT2D eigenvalue weighted by Crippen LogP contribution is 2.22. The molecule has 9 heteroatoms. The summed E-state index contributed by atoms with van der Waals surface area (Å²) in [7, 11) is -7.06. The third-order valence-electron chi connectivity index (χ3n) is 2.67. The largest absolute Gasteiger partial charge is 0.326 e. The first-order valence-corrected chi connectivity index (χ1v) is 9.58. The quantitative estimate of drug-likeness (QED) is 0.752. The Labute approximate surface area is 124 Å². The Morgan fingerprint density at radius 3 is 2.40 bits per heavy atom. The summed E-state index contributed by atoms with van der Waals surface area (Å²) in [4.78, 5) is -0.0923. The van der Waals surface area contributed by atoms with Crippen molar-refractivity contribution in [1.82, 2.24) is 4.72 Å². The van der Waals surface area contributed by atoms with E-state index < -0.39 is 19.9 Å². The van der Waals surface area contributed by atoms with E-state index >= 15 is 0 Å². The molecule has 20 heavy (non-hydrogen) atoms. The lowest BCUT2D eigenvalue weighted by Gasteiger charge is -2.09. The van der Waals surface area contributed by atoms with Gasteiger partial charge in [0.25, 0.3) is 0 Å². The SMILES string of the molecule is CCS(=O)(=O)CCNS(=O)(=O)c1ccc(CN)cc1Cl. The van der Waals surface area contributed by atoms with E-state index in [9.17, 15) is 16.8 Å². The lowest BCUT2D eigenvalue weighted by molar-refractivity contribution is 0.581. The minimum absolute atomic E-state index is 0.0271. The fourth-order valence-corrected chi connectivity index (χ4v) is 3.87. The van der Waals surface area contributed by atoms with Crippen molar-refractivity contribution in [2.45, 2.75) is 18.4 Å². The Balaban J connectivity index is 2.84. The number of hydrogen-bond acceptors (Lipinski definition) is 5. The van der Waals surface area contributed by atoms with Crippen LogP contribution in [0, 0.1) is 0 Å². The molecular weight excluding hydrogens is 324 g/mol. The molecule has 0 saturated heterocycles. The summed E-state index contributed by atoms with van der Waals surface area (Å²) in [5.41, 5.74) is 6.14. The number of sulfonamides is 1. The van der Waals surface area contributed by atoms with Gasteiger partial charge < -0.3 is 5.73 Å². The Hall–Kier alpha value is -0.670. The third kappa shape index (κ3) is 4.71. The second-order valence-electron chi connectivity index (χ2n) is 4.10. The minimum atomic E-state index is -3.83. The highest BCUT2D eigenvalue weighted by molar-refractivity contribution is 7.91. The van der Waals surface area contributed by atoms with E-state index in [0.29, 0.717) is 5.56 Å². The van der Waals surface area contributed by atoms with E-state index in [-0.39, 0.29) is 34.5 Å². The predicted octanol–water partition coefficient (Wildman–Crippen LogP) is 0.512. The van der Waals surface area contributed by atoms with Gasteiger partial charge in [0.1, 0.15) is 4.90 Å². The number of benzene rings is 1. The summed E-state index contributed by atoms with van der Waals surface area (Å²) >= 11 is 5.90. The van der Waals surface area contributed by atoms with Crippen LogP contribution in [-0.4, -0.2) is 34.9 Å². The minimum Gasteiger partial charge on any atom is -0.326 e. The molecule has 3 N–H and O–H groups in total. The molecule has 6 nitrogen and oxygen atoms in total. The fraction of sp³-hybridized carbons (Fsp3) is 0.455. The van der Waals surface area contributed by atoms with Crippen molar-refractivity contribution < 1.29 is 16.8 Å². The average Bonchev–Trinajstić information content (AvgIpc) is 2.37. The van der Waals surface area contributed by atoms with Crippen LogP contribution < -0.4 is 10.5 Å². The number of hydrogen-bond donors (Lipinski definition) is 2. The van der Waals surface area contributed by atoms with Crippen LogP contribution in [0.15, 0.2) is 23.1 Å². The van der Waals surface area contributed by atoms with Crippen molar-refractivity contribution in [1.29, 1.82) is 0 Å². The van der Waals surface area contributed by atoms with Gasteiger partial charge in [0, 0.05) is 18.8 Å². The first-order chi connectivity index (χ1) is 9.22. The molecule has 1 aromatic rings. The van der Waals surface area contributed by atoms with Crippen LogP contribution in [0.25, 0.3) is 0 Å². The van der Waals surface area contributed by atoms with Gasteiger partial charge in [0.15, 0.2) is 9.84 Å². The van der Waals surface area contributed by atoms with Crippen molar-refractivity contribution in [2.24, 2.45) is 5.73 Å². The van der Waals surface area contributed by atoms with Crippen LogP contribution in [0.4, 0.5) is 0 Å². The van der Waals surface area contributed by atoms with Crippen molar-refractivity contribution in [2.75, 3.05) is 18.1 Å². The standard InChI is InChI=1S/C11H17ClN2O4S2/c1-2-19(15,16)6-5-14-20(17,18)11-4-3-9(8-13)7-10(11)12/h3-4,7,14H,2,5-6,8,13H2,1H3. The maximum absolute atomic E-state index is 12.0. The van der Waals surface area contributed by atoms with Gasteiger partial charge in [-0.2, -0.15) is 0 Å². The van der Waals surface area contributed by atoms with E-state index in [4.69, 9.17) is 17.3 Å². The highest BCUT2D eigenvalue weighted by atomic mass is 35.5. The summed E-state index contributed by atoms with van der Waals surface area (Å²) in [6, 6.07) is 4.38. The smallest absolute Gasteiger partial charge is 0.242 e. The number of rotatable bonds is 7. The summed E-state index contributed by atoms with van der Waals surface area (Å²) in [5.74, 6) is -0.276. The summed E-state index contributed by atoms with van der Waals surface area (Å²) < 4.78 is 48.8. The lowest BCUT2D eigenvalue weighted by Crippen LogP contribution is -2.30. The zero-order chi connectivity index (χ0) is 15.4. The van der Waals surface area contributed by atoms with Crippen molar-refractivity contribution in [3.8, 4) is 0 Å². The van der Waals surface area contributed by atoms with Gasteiger partial charge in [-0.1, -0.05) is 24.6 Å². The molecule has 0 heterocycles. The van der Waals surface area contributed by atoms with Crippen molar-refractivity contribution in [3.63, 3.8) is 0 Å². The van der Waals surface area contributed by atoms with E-state index in [1.807, 2.05) is 0 Å². The van der Waals surface area contributed by atoms with Gasteiger partial charge in [-0.05, 0) is 17.7 Å². The topological polar surface area (TPSA) is 106 Å². The molecule has 0 radical (unpaired) electrons. The maximum atomic E-state index is 12.0. The van der Waals surface area contributed by atoms with Crippen LogP contribution >= 0.6 is 11.6 Å².